The molecule has 0 aliphatic carbocycles. The van der Waals surface area contributed by atoms with Gasteiger partial charge >= 0.3 is 0 Å². The SMILES string of the molecule is C=CCCCCCCCCC[N+](C)(C)CC[N+](C)(CCC)CCCCCCOc1ccc(C(=O)c2ccccc2)cc1.CCCCC.CI.O=C(c1ccccc1)c1ccc(OCCCCCBr)cc1.[I-].[I-].[I-]. The van der Waals surface area contributed by atoms with E-state index in [4.69, 9.17) is 9.47 Å². The molecule has 0 aliphatic heterocycles. The molecule has 0 N–H and O–H groups in total. The lowest BCUT2D eigenvalue weighted by molar-refractivity contribution is -0.955. The van der Waals surface area contributed by atoms with Crippen LogP contribution in [0.5, 0.6) is 11.5 Å². The number of likely N-dealkylation sites (N-methyl/N-ethyl adjacent to an activating group) is 2. The molecular weight excluding hydrogens is 1420 g/mol. The van der Waals surface area contributed by atoms with Gasteiger partial charge in [0.2, 0.25) is 0 Å². The van der Waals surface area contributed by atoms with E-state index in [2.05, 4.69) is 87.0 Å². The first kappa shape index (κ1) is 76.1. The number of hydrogen-bond donors (Lipinski definition) is 0. The molecule has 1 atom stereocenters. The van der Waals surface area contributed by atoms with Crippen molar-refractivity contribution in [3.63, 3.8) is 0 Å². The molecule has 1 unspecified atom stereocenters. The Balaban J connectivity index is -0.00000132. The fourth-order valence-electron chi connectivity index (χ4n) is 8.19. The van der Waals surface area contributed by atoms with Crippen LogP contribution in [0.1, 0.15) is 175 Å². The highest BCUT2D eigenvalue weighted by molar-refractivity contribution is 14.1. The number of carbonyl (C=O) groups excluding carboxylic acids is 2. The predicted molar refractivity (Wildman–Crippen MR) is 315 cm³/mol. The van der Waals surface area contributed by atoms with Crippen molar-refractivity contribution in [2.24, 2.45) is 0 Å². The smallest absolute Gasteiger partial charge is 0.193 e. The number of halogens is 5. The summed E-state index contributed by atoms with van der Waals surface area (Å²) in [4.78, 5) is 26.8. The predicted octanol–water partition coefficient (Wildman–Crippen LogP) is 8.22. The minimum atomic E-state index is 0. The van der Waals surface area contributed by atoms with Crippen LogP contribution < -0.4 is 81.4 Å². The fourth-order valence-corrected chi connectivity index (χ4v) is 8.58. The standard InChI is InChI=1S/C38H62N2O2.C18H19BrO2.C5H12.CH3I.3HI/c1-6-8-9-10-11-12-13-14-20-30-39(3,4)32-33-40(5,29-7-2)31-21-15-16-22-34-42-37-27-25-36(26-28-37)38(41)35-23-18-17-19-24-35;19-13-5-2-6-14-21-17-11-9-16(10-12-17)18(20)15-7-3-1-4-8-15;1-3-5-4-2;1-2;;;/h6,17-19,23-28H,1,7-16,20-22,29-34H2,2-5H3;1,3-4,7-12H,2,5-6,13-14H2;3-5H2,1-2H3;1H3;3*1H/q+2;;;;;;/p-3. The van der Waals surface area contributed by atoms with Gasteiger partial charge in [0.05, 0.1) is 54.0 Å². The van der Waals surface area contributed by atoms with Crippen LogP contribution in [0, 0.1) is 0 Å². The van der Waals surface area contributed by atoms with Gasteiger partial charge in [-0.3, -0.25) is 9.59 Å². The number of nitrogens with zero attached hydrogens (tertiary/aromatic N) is 2. The molecule has 0 saturated heterocycles. The Morgan fingerprint density at radius 1 is 0.466 bits per heavy atom. The summed E-state index contributed by atoms with van der Waals surface area (Å²) in [6.45, 7) is 18.4. The van der Waals surface area contributed by atoms with Crippen LogP contribution in [0.3, 0.4) is 0 Å². The minimum absolute atomic E-state index is 0. The van der Waals surface area contributed by atoms with Gasteiger partial charge in [-0.2, -0.15) is 0 Å². The Morgan fingerprint density at radius 2 is 0.849 bits per heavy atom. The first-order valence-corrected chi connectivity index (χ1v) is 30.1. The van der Waals surface area contributed by atoms with Gasteiger partial charge in [-0.25, -0.2) is 0 Å². The van der Waals surface area contributed by atoms with E-state index in [0.717, 1.165) is 59.4 Å². The Hall–Kier alpha value is -1.12. The Bertz CT molecular complexity index is 1870. The van der Waals surface area contributed by atoms with Crippen LogP contribution in [0.15, 0.2) is 122 Å². The second kappa shape index (κ2) is 50.4. The van der Waals surface area contributed by atoms with Crippen LogP contribution in [-0.4, -0.2) is 97.9 Å². The van der Waals surface area contributed by atoms with Crippen LogP contribution in [-0.2, 0) is 0 Å². The Labute approximate surface area is 520 Å². The highest BCUT2D eigenvalue weighted by Gasteiger charge is 2.25. The maximum atomic E-state index is 12.6. The Morgan fingerprint density at radius 3 is 1.25 bits per heavy atom. The number of unbranched alkanes of at least 4 members (excludes halogenated alkanes) is 14. The van der Waals surface area contributed by atoms with E-state index in [1.807, 2.05) is 120 Å². The van der Waals surface area contributed by atoms with Crippen molar-refractivity contribution < 1.29 is 100.0 Å². The Kier molecular flexibility index (Phi) is 52.5. The van der Waals surface area contributed by atoms with Gasteiger partial charge in [-0.05, 0) is 131 Å². The van der Waals surface area contributed by atoms with E-state index in [9.17, 15) is 9.59 Å². The third kappa shape index (κ3) is 38.2. The molecule has 4 rings (SSSR count). The molecule has 6 nitrogen and oxygen atoms in total. The zero-order valence-electron chi connectivity index (χ0n) is 46.2. The molecule has 73 heavy (non-hydrogen) atoms. The first-order valence-electron chi connectivity index (χ1n) is 26.9. The summed E-state index contributed by atoms with van der Waals surface area (Å²) in [5, 5.41) is 1.04. The average molecular weight is 1520 g/mol. The highest BCUT2D eigenvalue weighted by Crippen LogP contribution is 2.19. The van der Waals surface area contributed by atoms with Crippen molar-refractivity contribution in [3.05, 3.63) is 144 Å². The molecule has 0 aliphatic rings. The summed E-state index contributed by atoms with van der Waals surface area (Å²) in [7, 11) is 7.34. The quantitative estimate of drug-likeness (QED) is 0.0117. The zero-order chi connectivity index (χ0) is 51.6. The van der Waals surface area contributed by atoms with Gasteiger partial charge in [0.1, 0.15) is 24.6 Å². The number of ether oxygens (including phenoxy) is 2. The van der Waals surface area contributed by atoms with Crippen molar-refractivity contribution >= 4 is 50.1 Å². The number of allylic oxidation sites excluding steroid dienone is 1. The molecule has 0 heterocycles. The summed E-state index contributed by atoms with van der Waals surface area (Å²) in [5.74, 6) is 1.75. The maximum absolute atomic E-state index is 12.6. The van der Waals surface area contributed by atoms with Gasteiger partial charge in [0.15, 0.2) is 11.6 Å². The number of rotatable bonds is 35. The van der Waals surface area contributed by atoms with Gasteiger partial charge in [-0.15, -0.1) is 6.58 Å². The van der Waals surface area contributed by atoms with Crippen LogP contribution >= 0.6 is 38.5 Å². The number of carbonyl (C=O) groups is 2. The lowest BCUT2D eigenvalue weighted by Crippen LogP contribution is -3.00. The molecule has 0 spiro atoms. The van der Waals surface area contributed by atoms with Gasteiger partial charge in [0, 0.05) is 27.6 Å². The van der Waals surface area contributed by atoms with Crippen LogP contribution in [0.25, 0.3) is 0 Å². The largest absolute Gasteiger partial charge is 1.00 e. The highest BCUT2D eigenvalue weighted by atomic mass is 127. The molecule has 0 amide bonds. The topological polar surface area (TPSA) is 52.6 Å². The molecule has 4 aromatic carbocycles. The summed E-state index contributed by atoms with van der Waals surface area (Å²) in [5.41, 5.74) is 2.81. The maximum Gasteiger partial charge on any atom is 0.193 e. The fraction of sp³-hybridized carbons (Fsp3) is 0.548. The summed E-state index contributed by atoms with van der Waals surface area (Å²) < 4.78 is 14.0. The van der Waals surface area contributed by atoms with Crippen LogP contribution in [0.2, 0.25) is 0 Å². The van der Waals surface area contributed by atoms with Crippen LogP contribution in [0.4, 0.5) is 0 Å². The van der Waals surface area contributed by atoms with Crippen molar-refractivity contribution in [2.45, 2.75) is 143 Å². The lowest BCUT2D eigenvalue weighted by atomic mass is 10.0. The number of ketones is 2. The van der Waals surface area contributed by atoms with Crippen molar-refractivity contribution in [2.75, 3.05) is 77.3 Å². The minimum Gasteiger partial charge on any atom is -1.00 e. The molecule has 11 heteroatoms. The number of benzene rings is 4. The monoisotopic (exact) mass is 1520 g/mol. The number of hydrogen-bond acceptors (Lipinski definition) is 4. The molecule has 0 saturated carbocycles. The molecule has 414 valence electrons. The van der Waals surface area contributed by atoms with E-state index in [-0.39, 0.29) is 83.5 Å². The van der Waals surface area contributed by atoms with E-state index in [0.29, 0.717) is 16.7 Å². The van der Waals surface area contributed by atoms with Gasteiger partial charge in [0.25, 0.3) is 0 Å². The van der Waals surface area contributed by atoms with E-state index in [1.54, 1.807) is 0 Å². The average Bonchev–Trinajstić information content (AvgIpc) is 3.39. The first-order chi connectivity index (χ1) is 34.0. The molecular formula is C62H96BrI4N2O4-. The van der Waals surface area contributed by atoms with Crippen molar-refractivity contribution in [1.29, 1.82) is 0 Å². The summed E-state index contributed by atoms with van der Waals surface area (Å²) in [6.07, 6.45) is 26.3. The molecule has 0 aromatic heterocycles. The lowest BCUT2D eigenvalue weighted by Gasteiger charge is -2.38. The molecule has 4 aromatic rings. The van der Waals surface area contributed by atoms with E-state index in [1.165, 1.54) is 140 Å². The van der Waals surface area contributed by atoms with Crippen molar-refractivity contribution in [1.82, 2.24) is 0 Å². The molecule has 0 fully saturated rings. The van der Waals surface area contributed by atoms with E-state index >= 15 is 0 Å². The third-order valence-corrected chi connectivity index (χ3v) is 13.2. The van der Waals surface area contributed by atoms with Crippen molar-refractivity contribution in [3.8, 4) is 11.5 Å². The summed E-state index contributed by atoms with van der Waals surface area (Å²) >= 11 is 5.56. The number of alkyl halides is 2. The second-order valence-electron chi connectivity index (χ2n) is 19.4. The van der Waals surface area contributed by atoms with Gasteiger partial charge in [-0.1, -0.05) is 171 Å². The summed E-state index contributed by atoms with van der Waals surface area (Å²) in [6, 6.07) is 33.7. The van der Waals surface area contributed by atoms with E-state index < -0.39 is 0 Å². The second-order valence-corrected chi connectivity index (χ2v) is 20.2. The zero-order valence-corrected chi connectivity index (χ0v) is 56.4. The number of quaternary nitrogens is 2. The normalized spacial score (nSPS) is 11.1. The third-order valence-electron chi connectivity index (χ3n) is 12.6. The molecule has 0 radical (unpaired) electrons. The van der Waals surface area contributed by atoms with Gasteiger partial charge < -0.3 is 90.4 Å². The molecule has 0 bridgehead atoms.